The van der Waals surface area contributed by atoms with Crippen LogP contribution in [0.3, 0.4) is 0 Å². The number of hydrogen-bond donors (Lipinski definition) is 2. The Labute approximate surface area is 214 Å². The van der Waals surface area contributed by atoms with E-state index in [1.54, 1.807) is 32.9 Å². The van der Waals surface area contributed by atoms with E-state index in [4.69, 9.17) is 4.74 Å². The summed E-state index contributed by atoms with van der Waals surface area (Å²) in [6.45, 7) is 5.36. The van der Waals surface area contributed by atoms with Gasteiger partial charge in [0, 0.05) is 23.4 Å². The third kappa shape index (κ3) is 4.88. The van der Waals surface area contributed by atoms with E-state index >= 15 is 4.39 Å². The summed E-state index contributed by atoms with van der Waals surface area (Å²) in [5, 5.41) is 20.6. The monoisotopic (exact) mass is 503 g/mol. The fourth-order valence-corrected chi connectivity index (χ4v) is 5.55. The molecule has 2 amide bonds. The summed E-state index contributed by atoms with van der Waals surface area (Å²) in [6, 6.07) is 12.8. The highest BCUT2D eigenvalue weighted by Gasteiger charge is 2.52. The first-order valence-corrected chi connectivity index (χ1v) is 12.6. The first-order chi connectivity index (χ1) is 17.6. The molecule has 1 aliphatic carbocycles. The predicted octanol–water partition coefficient (Wildman–Crippen LogP) is 4.71. The lowest BCUT2D eigenvalue weighted by Gasteiger charge is -2.35. The first kappa shape index (κ1) is 24.8. The van der Waals surface area contributed by atoms with Crippen molar-refractivity contribution in [3.8, 4) is 17.3 Å². The molecule has 1 aromatic heterocycles. The van der Waals surface area contributed by atoms with E-state index < -0.39 is 35.5 Å². The van der Waals surface area contributed by atoms with Gasteiger partial charge in [0.2, 0.25) is 5.91 Å². The summed E-state index contributed by atoms with van der Waals surface area (Å²) in [6.07, 6.45) is 1.91. The molecule has 9 heteroatoms. The molecular weight excluding hydrogens is 473 g/mol. The Hall–Kier alpha value is -3.93. The number of hydrogen-bond acceptors (Lipinski definition) is 5. The molecule has 0 radical (unpaired) electrons. The second-order valence-corrected chi connectivity index (χ2v) is 10.9. The van der Waals surface area contributed by atoms with Gasteiger partial charge in [0.05, 0.1) is 17.3 Å². The number of aromatic nitrogens is 2. The van der Waals surface area contributed by atoms with Gasteiger partial charge < -0.3 is 10.1 Å². The number of aromatic amines is 1. The quantitative estimate of drug-likeness (QED) is 0.524. The minimum atomic E-state index is -0.946. The number of fused-ring (bicyclic) bond motifs is 3. The Morgan fingerprint density at radius 3 is 2.78 bits per heavy atom. The van der Waals surface area contributed by atoms with Crippen molar-refractivity contribution in [3.05, 3.63) is 53.8 Å². The van der Waals surface area contributed by atoms with Gasteiger partial charge in [-0.15, -0.1) is 0 Å². The predicted molar refractivity (Wildman–Crippen MR) is 136 cm³/mol. The maximum Gasteiger partial charge on any atom is 0.411 e. The molecule has 8 nitrogen and oxygen atoms in total. The van der Waals surface area contributed by atoms with E-state index in [9.17, 15) is 14.9 Å². The standard InChI is InChI=1S/C28H30FN5O3/c1-28(2,3)37-27(36)34-20-11-10-18(13-20)25(34)26(35)31-19(15-30)12-16-8-9-17(14-22(16)29)24-21-6-4-5-7-23(21)32-33-24/h4-9,14,18-20,25H,10-13H2,1-3H3,(H,31,35)(H,32,33). The molecule has 5 rings (SSSR count). The zero-order chi connectivity index (χ0) is 26.3. The number of carbonyl (C=O) groups excluding carboxylic acids is 2. The van der Waals surface area contributed by atoms with E-state index in [-0.39, 0.29) is 18.4 Å². The first-order valence-electron chi connectivity index (χ1n) is 12.6. The number of likely N-dealkylation sites (tertiary alicyclic amines) is 1. The van der Waals surface area contributed by atoms with Crippen molar-refractivity contribution in [1.82, 2.24) is 20.4 Å². The Balaban J connectivity index is 1.30. The van der Waals surface area contributed by atoms with Crippen LogP contribution in [0.2, 0.25) is 0 Å². The molecule has 1 aliphatic heterocycles. The second kappa shape index (κ2) is 9.51. The number of piperidine rings is 1. The second-order valence-electron chi connectivity index (χ2n) is 10.9. The largest absolute Gasteiger partial charge is 0.444 e. The molecule has 37 heavy (non-hydrogen) atoms. The van der Waals surface area contributed by atoms with E-state index in [0.29, 0.717) is 16.8 Å². The number of para-hydroxylation sites is 1. The molecular formula is C28H30FN5O3. The smallest absolute Gasteiger partial charge is 0.411 e. The van der Waals surface area contributed by atoms with E-state index in [1.165, 1.54) is 11.0 Å². The van der Waals surface area contributed by atoms with Crippen molar-refractivity contribution in [1.29, 1.82) is 5.26 Å². The number of amides is 2. The Bertz CT molecular complexity index is 1390. The molecule has 192 valence electrons. The van der Waals surface area contributed by atoms with Gasteiger partial charge in [0.15, 0.2) is 0 Å². The highest BCUT2D eigenvalue weighted by Crippen LogP contribution is 2.43. The minimum absolute atomic E-state index is 0.00290. The number of nitrogens with one attached hydrogen (secondary N) is 2. The number of nitriles is 1. The zero-order valence-corrected chi connectivity index (χ0v) is 21.1. The topological polar surface area (TPSA) is 111 Å². The van der Waals surface area contributed by atoms with Crippen molar-refractivity contribution >= 4 is 22.9 Å². The average molecular weight is 504 g/mol. The lowest BCUT2D eigenvalue weighted by Crippen LogP contribution is -2.55. The lowest BCUT2D eigenvalue weighted by molar-refractivity contribution is -0.128. The number of halogens is 1. The summed E-state index contributed by atoms with van der Waals surface area (Å²) in [5.74, 6) is -0.851. The fourth-order valence-electron chi connectivity index (χ4n) is 5.55. The van der Waals surface area contributed by atoms with E-state index in [0.717, 1.165) is 30.2 Å². The third-order valence-electron chi connectivity index (χ3n) is 7.15. The molecule has 2 bridgehead atoms. The summed E-state index contributed by atoms with van der Waals surface area (Å²) >= 11 is 0. The van der Waals surface area contributed by atoms with Gasteiger partial charge in [-0.1, -0.05) is 30.3 Å². The molecule has 2 N–H and O–H groups in total. The van der Waals surface area contributed by atoms with Gasteiger partial charge in [-0.2, -0.15) is 10.4 Å². The zero-order valence-electron chi connectivity index (χ0n) is 21.1. The normalized spacial score (nSPS) is 21.6. The van der Waals surface area contributed by atoms with Crippen LogP contribution < -0.4 is 5.32 Å². The van der Waals surface area contributed by atoms with Gasteiger partial charge in [-0.25, -0.2) is 9.18 Å². The van der Waals surface area contributed by atoms with Crippen molar-refractivity contribution in [2.75, 3.05) is 0 Å². The van der Waals surface area contributed by atoms with Gasteiger partial charge >= 0.3 is 6.09 Å². The molecule has 2 fully saturated rings. The number of carbonyl (C=O) groups is 2. The molecule has 3 aromatic rings. The van der Waals surface area contributed by atoms with Gasteiger partial charge in [-0.3, -0.25) is 14.8 Å². The van der Waals surface area contributed by atoms with Crippen LogP contribution in [0.5, 0.6) is 0 Å². The number of nitrogens with zero attached hydrogens (tertiary/aromatic N) is 3. The minimum Gasteiger partial charge on any atom is -0.444 e. The summed E-state index contributed by atoms with van der Waals surface area (Å²) < 4.78 is 20.6. The third-order valence-corrected chi connectivity index (χ3v) is 7.15. The molecule has 2 aromatic carbocycles. The van der Waals surface area contributed by atoms with Crippen molar-refractivity contribution in [2.45, 2.75) is 70.2 Å². The molecule has 2 aliphatic rings. The Kier molecular flexibility index (Phi) is 6.36. The van der Waals surface area contributed by atoms with Crippen LogP contribution in [0.1, 0.15) is 45.6 Å². The summed E-state index contributed by atoms with van der Waals surface area (Å²) in [4.78, 5) is 27.7. The molecule has 1 saturated heterocycles. The van der Waals surface area contributed by atoms with E-state index in [1.807, 2.05) is 24.3 Å². The molecule has 1 saturated carbocycles. The lowest BCUT2D eigenvalue weighted by atomic mass is 9.97. The van der Waals surface area contributed by atoms with Crippen LogP contribution in [0, 0.1) is 23.1 Å². The maximum atomic E-state index is 15.1. The van der Waals surface area contributed by atoms with Crippen molar-refractivity contribution in [2.24, 2.45) is 5.92 Å². The van der Waals surface area contributed by atoms with Gasteiger partial charge in [-0.05, 0) is 63.6 Å². The van der Waals surface area contributed by atoms with Crippen LogP contribution in [-0.4, -0.2) is 50.8 Å². The van der Waals surface area contributed by atoms with Crippen LogP contribution in [0.4, 0.5) is 9.18 Å². The van der Waals surface area contributed by atoms with Gasteiger partial charge in [0.25, 0.3) is 0 Å². The molecule has 4 unspecified atom stereocenters. The van der Waals surface area contributed by atoms with Crippen LogP contribution in [0.15, 0.2) is 42.5 Å². The van der Waals surface area contributed by atoms with Crippen LogP contribution >= 0.6 is 0 Å². The number of ether oxygens (including phenoxy) is 1. The maximum absolute atomic E-state index is 15.1. The highest BCUT2D eigenvalue weighted by molar-refractivity contribution is 5.92. The SMILES string of the molecule is CC(C)(C)OC(=O)N1C2CCC(C2)C1C(=O)NC(C#N)Cc1ccc(-c2n[nH]c3ccccc23)cc1F. The molecule has 0 spiro atoms. The van der Waals surface area contributed by atoms with Crippen molar-refractivity contribution < 1.29 is 18.7 Å². The number of rotatable bonds is 5. The van der Waals surface area contributed by atoms with Gasteiger partial charge in [0.1, 0.15) is 23.5 Å². The Morgan fingerprint density at radius 1 is 1.27 bits per heavy atom. The number of benzene rings is 2. The van der Waals surface area contributed by atoms with E-state index in [2.05, 4.69) is 21.6 Å². The molecule has 4 atom stereocenters. The molecule has 2 heterocycles. The van der Waals surface area contributed by atoms with Crippen LogP contribution in [0.25, 0.3) is 22.2 Å². The highest BCUT2D eigenvalue weighted by atomic mass is 19.1. The number of H-pyrrole nitrogens is 1. The summed E-state index contributed by atoms with van der Waals surface area (Å²) in [7, 11) is 0. The fraction of sp³-hybridized carbons (Fsp3) is 0.429. The average Bonchev–Trinajstić information content (AvgIpc) is 3.58. The van der Waals surface area contributed by atoms with Crippen LogP contribution in [-0.2, 0) is 16.0 Å². The Morgan fingerprint density at radius 2 is 2.05 bits per heavy atom. The van der Waals surface area contributed by atoms with Crippen molar-refractivity contribution in [3.63, 3.8) is 0 Å². The summed E-state index contributed by atoms with van der Waals surface area (Å²) in [5.41, 5.74) is 1.75.